The van der Waals surface area contributed by atoms with Gasteiger partial charge in [0.1, 0.15) is 0 Å². The largest absolute Gasteiger partial charge is 0.490 e. The van der Waals surface area contributed by atoms with Crippen LogP contribution in [0.3, 0.4) is 0 Å². The molecule has 9 nitrogen and oxygen atoms in total. The fourth-order valence-electron chi connectivity index (χ4n) is 4.24. The quantitative estimate of drug-likeness (QED) is 0.315. The van der Waals surface area contributed by atoms with Crippen LogP contribution in [-0.4, -0.2) is 62.2 Å². The Morgan fingerprint density at radius 2 is 1.66 bits per heavy atom. The Balaban J connectivity index is 0.000000587. The number of carboxylic acid groups (broad SMARTS) is 1. The summed E-state index contributed by atoms with van der Waals surface area (Å²) in [4.78, 5) is 26.7. The summed E-state index contributed by atoms with van der Waals surface area (Å²) < 4.78 is 60.0. The molecule has 1 aliphatic rings. The molecular weight excluding hydrogens is 561 g/mol. The van der Waals surface area contributed by atoms with Gasteiger partial charge in [0.25, 0.3) is 0 Å². The number of carbonyl (C=O) groups is 2. The first-order chi connectivity index (χ1) is 19.4. The molecule has 1 aliphatic heterocycles. The smallest absolute Gasteiger partial charge is 0.475 e. The van der Waals surface area contributed by atoms with E-state index in [4.69, 9.17) is 9.90 Å². The molecule has 0 aliphatic carbocycles. The number of alkyl halides is 3. The van der Waals surface area contributed by atoms with Gasteiger partial charge in [-0.1, -0.05) is 54.1 Å². The van der Waals surface area contributed by atoms with Crippen LogP contribution in [0.15, 0.2) is 83.9 Å². The Morgan fingerprint density at radius 1 is 1.02 bits per heavy atom. The van der Waals surface area contributed by atoms with Crippen LogP contribution in [0, 0.1) is 12.8 Å². The van der Waals surface area contributed by atoms with Crippen LogP contribution in [0.4, 0.5) is 13.2 Å². The number of carboxylic acids is 1. The third kappa shape index (κ3) is 9.66. The van der Waals surface area contributed by atoms with Gasteiger partial charge in [-0.3, -0.25) is 9.78 Å². The number of aromatic nitrogens is 1. The van der Waals surface area contributed by atoms with Crippen molar-refractivity contribution in [2.75, 3.05) is 19.6 Å². The van der Waals surface area contributed by atoms with E-state index in [1.54, 1.807) is 30.5 Å². The second-order valence-corrected chi connectivity index (χ2v) is 11.2. The van der Waals surface area contributed by atoms with Crippen LogP contribution < -0.4 is 15.4 Å². The Kier molecular flexibility index (Phi) is 11.0. The fraction of sp³-hybridized carbons (Fsp3) is 0.321. The van der Waals surface area contributed by atoms with Crippen LogP contribution in [0.5, 0.6) is 0 Å². The number of halogens is 3. The summed E-state index contributed by atoms with van der Waals surface area (Å²) in [6.07, 6.45) is -2.90. The lowest BCUT2D eigenvalue weighted by atomic mass is 9.93. The average Bonchev–Trinajstić information content (AvgIpc) is 2.94. The molecule has 0 bridgehead atoms. The molecule has 1 saturated heterocycles. The van der Waals surface area contributed by atoms with E-state index in [-0.39, 0.29) is 28.7 Å². The Labute approximate surface area is 236 Å². The van der Waals surface area contributed by atoms with E-state index in [2.05, 4.69) is 20.3 Å². The number of hydrogen-bond donors (Lipinski definition) is 4. The van der Waals surface area contributed by atoms with Crippen LogP contribution in [0.1, 0.15) is 29.2 Å². The molecule has 3 atom stereocenters. The van der Waals surface area contributed by atoms with Crippen LogP contribution >= 0.6 is 0 Å². The monoisotopic (exact) mass is 592 g/mol. The predicted molar refractivity (Wildman–Crippen MR) is 145 cm³/mol. The zero-order chi connectivity index (χ0) is 30.0. The molecule has 0 radical (unpaired) electrons. The average molecular weight is 593 g/mol. The molecule has 41 heavy (non-hydrogen) atoms. The van der Waals surface area contributed by atoms with Gasteiger partial charge in [-0.05, 0) is 43.2 Å². The van der Waals surface area contributed by atoms with Crippen molar-refractivity contribution in [1.82, 2.24) is 20.3 Å². The van der Waals surface area contributed by atoms with Crippen molar-refractivity contribution < 1.29 is 36.3 Å². The van der Waals surface area contributed by atoms with Crippen LogP contribution in [0.25, 0.3) is 0 Å². The van der Waals surface area contributed by atoms with Crippen molar-refractivity contribution in [2.24, 2.45) is 5.92 Å². The van der Waals surface area contributed by atoms with Gasteiger partial charge in [0.15, 0.2) is 0 Å². The summed E-state index contributed by atoms with van der Waals surface area (Å²) >= 11 is 0. The van der Waals surface area contributed by atoms with Crippen LogP contribution in [0.2, 0.25) is 0 Å². The highest BCUT2D eigenvalue weighted by Gasteiger charge is 2.38. The second-order valence-electron chi connectivity index (χ2n) is 9.49. The molecular formula is C28H31F3N4O5S. The number of sulfonamides is 1. The number of benzene rings is 2. The molecule has 1 amide bonds. The maximum Gasteiger partial charge on any atom is 0.490 e. The number of rotatable bonds is 8. The van der Waals surface area contributed by atoms with Crippen molar-refractivity contribution in [3.8, 4) is 0 Å². The Hall–Kier alpha value is -3.81. The fourth-order valence-corrected chi connectivity index (χ4v) is 5.49. The van der Waals surface area contributed by atoms with Gasteiger partial charge in [0.05, 0.1) is 10.8 Å². The molecule has 1 fully saturated rings. The molecule has 3 aromatic rings. The minimum absolute atomic E-state index is 0.0706. The van der Waals surface area contributed by atoms with Gasteiger partial charge in [0.2, 0.25) is 15.9 Å². The van der Waals surface area contributed by atoms with E-state index in [0.29, 0.717) is 26.1 Å². The zero-order valence-corrected chi connectivity index (χ0v) is 23.0. The molecule has 0 saturated carbocycles. The van der Waals surface area contributed by atoms with Crippen molar-refractivity contribution in [1.29, 1.82) is 0 Å². The maximum absolute atomic E-state index is 13.0. The number of carbonyl (C=O) groups excluding carboxylic acids is 1. The number of piperidine rings is 1. The maximum atomic E-state index is 13.0. The van der Waals surface area contributed by atoms with E-state index in [0.717, 1.165) is 16.8 Å². The van der Waals surface area contributed by atoms with Crippen molar-refractivity contribution >= 4 is 21.9 Å². The SMILES string of the molecule is Cc1ccc(S(=O)(=O)N[C@H]2CNC[C@@H](C(=O)NCC(c3ccccc3)c3ccccn3)C2)cc1.O=C(O)C(F)(F)F. The van der Waals surface area contributed by atoms with Crippen molar-refractivity contribution in [2.45, 2.75) is 36.4 Å². The van der Waals surface area contributed by atoms with E-state index < -0.39 is 22.2 Å². The van der Waals surface area contributed by atoms with Gasteiger partial charge in [-0.2, -0.15) is 13.2 Å². The number of pyridine rings is 1. The Morgan fingerprint density at radius 3 is 2.24 bits per heavy atom. The molecule has 1 unspecified atom stereocenters. The summed E-state index contributed by atoms with van der Waals surface area (Å²) in [5.41, 5.74) is 2.96. The van der Waals surface area contributed by atoms with E-state index in [9.17, 15) is 26.4 Å². The summed E-state index contributed by atoms with van der Waals surface area (Å²) in [7, 11) is -3.65. The third-order valence-electron chi connectivity index (χ3n) is 6.34. The lowest BCUT2D eigenvalue weighted by molar-refractivity contribution is -0.192. The lowest BCUT2D eigenvalue weighted by Crippen LogP contribution is -2.52. The highest BCUT2D eigenvalue weighted by atomic mass is 32.2. The number of nitrogens with one attached hydrogen (secondary N) is 3. The molecule has 1 aromatic heterocycles. The van der Waals surface area contributed by atoms with Gasteiger partial charge < -0.3 is 15.7 Å². The van der Waals surface area contributed by atoms with E-state index in [1.807, 2.05) is 55.5 Å². The second kappa shape index (κ2) is 14.2. The van der Waals surface area contributed by atoms with Gasteiger partial charge in [0, 0.05) is 43.5 Å². The first-order valence-electron chi connectivity index (χ1n) is 12.7. The van der Waals surface area contributed by atoms with Crippen molar-refractivity contribution in [3.05, 3.63) is 95.8 Å². The number of nitrogens with zero attached hydrogens (tertiary/aromatic N) is 1. The molecule has 2 aromatic carbocycles. The molecule has 4 N–H and O–H groups in total. The first kappa shape index (κ1) is 31.7. The first-order valence-corrected chi connectivity index (χ1v) is 14.2. The van der Waals surface area contributed by atoms with E-state index >= 15 is 0 Å². The molecule has 13 heteroatoms. The number of aryl methyl sites for hydroxylation is 1. The lowest BCUT2D eigenvalue weighted by Gasteiger charge is -2.30. The van der Waals surface area contributed by atoms with Gasteiger partial charge >= 0.3 is 12.1 Å². The topological polar surface area (TPSA) is 137 Å². The van der Waals surface area contributed by atoms with Crippen molar-refractivity contribution in [3.63, 3.8) is 0 Å². The third-order valence-corrected chi connectivity index (χ3v) is 7.88. The van der Waals surface area contributed by atoms with Crippen LogP contribution in [-0.2, 0) is 19.6 Å². The molecule has 4 rings (SSSR count). The number of hydrogen-bond acceptors (Lipinski definition) is 6. The normalized spacial score (nSPS) is 18.0. The number of aliphatic carboxylic acids is 1. The predicted octanol–water partition coefficient (Wildman–Crippen LogP) is 3.23. The minimum Gasteiger partial charge on any atom is -0.475 e. The summed E-state index contributed by atoms with van der Waals surface area (Å²) in [5, 5.41) is 13.4. The molecule has 220 valence electrons. The standard InChI is InChI=1S/C26H30N4O3S.C2HF3O2/c1-19-10-12-23(13-11-19)34(32,33)30-22-15-21(16-27-17-22)26(31)29-18-24(20-7-3-2-4-8-20)25-9-5-6-14-28-25;3-2(4,5)1(6)7/h2-14,21-22,24,27,30H,15-18H2,1H3,(H,29,31);(H,6,7)/t21-,22+,24?;/m0./s1. The summed E-state index contributed by atoms with van der Waals surface area (Å²) in [6, 6.07) is 22.1. The Bertz CT molecular complexity index is 1350. The van der Waals surface area contributed by atoms with Gasteiger partial charge in [-0.15, -0.1) is 0 Å². The highest BCUT2D eigenvalue weighted by molar-refractivity contribution is 7.89. The summed E-state index contributed by atoms with van der Waals surface area (Å²) in [5.74, 6) is -3.26. The minimum atomic E-state index is -5.08. The number of amides is 1. The highest BCUT2D eigenvalue weighted by Crippen LogP contribution is 2.23. The zero-order valence-electron chi connectivity index (χ0n) is 22.1. The molecule has 2 heterocycles. The van der Waals surface area contributed by atoms with Gasteiger partial charge in [-0.25, -0.2) is 17.9 Å². The molecule has 0 spiro atoms. The van der Waals surface area contributed by atoms with E-state index in [1.165, 1.54) is 0 Å². The summed E-state index contributed by atoms with van der Waals surface area (Å²) in [6.45, 7) is 3.31.